The first-order valence-electron chi connectivity index (χ1n) is 14.0. The van der Waals surface area contributed by atoms with Crippen molar-refractivity contribution in [2.75, 3.05) is 7.11 Å². The molecule has 1 unspecified atom stereocenters. The molecular formula is C32H45NO4. The van der Waals surface area contributed by atoms with Gasteiger partial charge >= 0.3 is 5.97 Å². The van der Waals surface area contributed by atoms with Crippen molar-refractivity contribution >= 4 is 17.5 Å². The van der Waals surface area contributed by atoms with Gasteiger partial charge in [-0.2, -0.15) is 0 Å². The number of esters is 1. The molecule has 202 valence electrons. The summed E-state index contributed by atoms with van der Waals surface area (Å²) >= 11 is 0. The molecule has 5 aliphatic carbocycles. The SMILES string of the molecule is [C-]#[N+]C1=C[C@]2(C)C3=CC(=O)[C@@H]4[C@@H]5CC(C)(C)CC[C@]5(C(=O)OC)CC[C@@]4(C)[C@]3(C)CCC2C(C)(C)C1=O.[HH]. The molecule has 0 saturated heterocycles. The highest BCUT2D eigenvalue weighted by Gasteiger charge is 2.71. The summed E-state index contributed by atoms with van der Waals surface area (Å²) in [5, 5.41) is 0. The third kappa shape index (κ3) is 3.11. The lowest BCUT2D eigenvalue weighted by Gasteiger charge is -2.68. The summed E-state index contributed by atoms with van der Waals surface area (Å²) in [6.45, 7) is 23.0. The van der Waals surface area contributed by atoms with E-state index in [4.69, 9.17) is 11.3 Å². The Balaban J connectivity index is 0.00000336. The van der Waals surface area contributed by atoms with E-state index in [1.54, 1.807) is 0 Å². The first kappa shape index (κ1) is 26.4. The summed E-state index contributed by atoms with van der Waals surface area (Å²) in [7, 11) is 1.49. The molecule has 37 heavy (non-hydrogen) atoms. The van der Waals surface area contributed by atoms with Gasteiger partial charge in [0.25, 0.3) is 0 Å². The average molecular weight is 508 g/mol. The number of methoxy groups -OCH3 is 1. The van der Waals surface area contributed by atoms with Gasteiger partial charge < -0.3 is 9.53 Å². The fourth-order valence-corrected chi connectivity index (χ4v) is 10.2. The van der Waals surface area contributed by atoms with Gasteiger partial charge in [-0.25, -0.2) is 4.85 Å². The Labute approximate surface area is 223 Å². The Kier molecular flexibility index (Phi) is 5.47. The Hall–Kier alpha value is -2.22. The number of Topliss-reactive ketones (excluding diaryl/α,β-unsaturated/α-hetero) is 1. The molecule has 0 heterocycles. The molecule has 0 amide bonds. The van der Waals surface area contributed by atoms with Crippen molar-refractivity contribution in [3.63, 3.8) is 0 Å². The number of allylic oxidation sites excluding steroid dienone is 4. The summed E-state index contributed by atoms with van der Waals surface area (Å²) in [6.07, 6.45) is 9.69. The van der Waals surface area contributed by atoms with E-state index >= 15 is 0 Å². The zero-order chi connectivity index (χ0) is 27.4. The van der Waals surface area contributed by atoms with Crippen LogP contribution in [0, 0.1) is 56.8 Å². The van der Waals surface area contributed by atoms with Gasteiger partial charge in [-0.1, -0.05) is 60.1 Å². The minimum atomic E-state index is -0.660. The van der Waals surface area contributed by atoms with Crippen LogP contribution in [0.1, 0.15) is 94.8 Å². The van der Waals surface area contributed by atoms with E-state index in [2.05, 4.69) is 39.5 Å². The lowest BCUT2D eigenvalue weighted by Crippen LogP contribution is -2.65. The normalized spacial score (nSPS) is 45.6. The maximum absolute atomic E-state index is 14.4. The number of carbonyl (C=O) groups excluding carboxylic acids is 3. The van der Waals surface area contributed by atoms with E-state index in [0.717, 1.165) is 50.5 Å². The molecule has 3 saturated carbocycles. The topological polar surface area (TPSA) is 64.8 Å². The zero-order valence-corrected chi connectivity index (χ0v) is 23.9. The van der Waals surface area contributed by atoms with Crippen molar-refractivity contribution in [1.29, 1.82) is 0 Å². The second-order valence-corrected chi connectivity index (χ2v) is 14.9. The Morgan fingerprint density at radius 1 is 1.03 bits per heavy atom. The van der Waals surface area contributed by atoms with Gasteiger partial charge in [0, 0.05) is 18.2 Å². The molecule has 0 bridgehead atoms. The fraction of sp³-hybridized carbons (Fsp3) is 0.750. The number of rotatable bonds is 1. The number of fused-ring (bicyclic) bond motifs is 7. The molecule has 0 aromatic rings. The minimum Gasteiger partial charge on any atom is -0.469 e. The van der Waals surface area contributed by atoms with Crippen LogP contribution in [0.2, 0.25) is 0 Å². The molecule has 0 aromatic heterocycles. The van der Waals surface area contributed by atoms with Gasteiger partial charge in [-0.15, -0.1) is 0 Å². The molecule has 5 heteroatoms. The number of ketones is 2. The minimum absolute atomic E-state index is 0. The molecule has 5 rings (SSSR count). The molecule has 7 atom stereocenters. The molecule has 0 aliphatic heterocycles. The van der Waals surface area contributed by atoms with Crippen LogP contribution in [0.4, 0.5) is 0 Å². The highest BCUT2D eigenvalue weighted by atomic mass is 16.5. The predicted octanol–water partition coefficient (Wildman–Crippen LogP) is 6.98. The molecule has 0 spiro atoms. The second-order valence-electron chi connectivity index (χ2n) is 14.9. The van der Waals surface area contributed by atoms with E-state index in [1.807, 2.05) is 26.0 Å². The van der Waals surface area contributed by atoms with Gasteiger partial charge in [-0.3, -0.25) is 9.59 Å². The van der Waals surface area contributed by atoms with Crippen LogP contribution < -0.4 is 0 Å². The zero-order valence-electron chi connectivity index (χ0n) is 23.9. The van der Waals surface area contributed by atoms with E-state index in [0.29, 0.717) is 0 Å². The third-order valence-electron chi connectivity index (χ3n) is 12.4. The van der Waals surface area contributed by atoms with Gasteiger partial charge in [-0.05, 0) is 79.1 Å². The van der Waals surface area contributed by atoms with Crippen LogP contribution in [0.15, 0.2) is 23.4 Å². The summed E-state index contributed by atoms with van der Waals surface area (Å²) in [5.41, 5.74) is -0.989. The lowest BCUT2D eigenvalue weighted by molar-refractivity contribution is -0.191. The maximum atomic E-state index is 14.4. The van der Waals surface area contributed by atoms with E-state index in [1.165, 1.54) is 7.11 Å². The average Bonchev–Trinajstić information content (AvgIpc) is 2.82. The van der Waals surface area contributed by atoms with Gasteiger partial charge in [0.15, 0.2) is 11.6 Å². The number of nitrogens with zero attached hydrogens (tertiary/aromatic N) is 1. The van der Waals surface area contributed by atoms with Gasteiger partial charge in [0.1, 0.15) is 0 Å². The molecule has 0 radical (unpaired) electrons. The van der Waals surface area contributed by atoms with Crippen molar-refractivity contribution < 1.29 is 20.5 Å². The Bertz CT molecular complexity index is 1210. The highest BCUT2D eigenvalue weighted by molar-refractivity contribution is 6.03. The van der Waals surface area contributed by atoms with E-state index in [9.17, 15) is 14.4 Å². The molecular weight excluding hydrogens is 462 g/mol. The van der Waals surface area contributed by atoms with Crippen LogP contribution in [0.5, 0.6) is 0 Å². The van der Waals surface area contributed by atoms with Crippen LogP contribution >= 0.6 is 0 Å². The highest BCUT2D eigenvalue weighted by Crippen LogP contribution is 2.74. The summed E-state index contributed by atoms with van der Waals surface area (Å²) in [5.74, 6) is -0.345. The predicted molar refractivity (Wildman–Crippen MR) is 144 cm³/mol. The van der Waals surface area contributed by atoms with Gasteiger partial charge in [0.2, 0.25) is 5.70 Å². The first-order valence-corrected chi connectivity index (χ1v) is 14.0. The maximum Gasteiger partial charge on any atom is 0.312 e. The first-order chi connectivity index (χ1) is 17.0. The number of ether oxygens (including phenoxy) is 1. The standard InChI is InChI=1S/C32H43NO4.H2/c1-27(2)12-14-32(26(36)37-9)15-13-31(7)24(19(32)17-27)21(34)16-23-29(5)18-20(33-8)25(35)28(3,4)22(29)10-11-30(23,31)6;/h16,18-19,22,24H,10-15,17H2,1-7,9H3;1H/t19-,22?,24-,29-,30+,31+,32-;/m0./s1. The Morgan fingerprint density at radius 3 is 2.30 bits per heavy atom. The number of hydrogen-bond donors (Lipinski definition) is 0. The second kappa shape index (κ2) is 7.67. The summed E-state index contributed by atoms with van der Waals surface area (Å²) < 4.78 is 5.41. The molecule has 5 aliphatic rings. The van der Waals surface area contributed by atoms with Crippen LogP contribution in [-0.2, 0) is 19.1 Å². The fourth-order valence-electron chi connectivity index (χ4n) is 10.2. The third-order valence-corrected chi connectivity index (χ3v) is 12.4. The van der Waals surface area contributed by atoms with Crippen molar-refractivity contribution in [3.05, 3.63) is 34.8 Å². The quantitative estimate of drug-likeness (QED) is 0.284. The largest absolute Gasteiger partial charge is 0.469 e. The van der Waals surface area contributed by atoms with Crippen molar-refractivity contribution in [3.8, 4) is 0 Å². The summed E-state index contributed by atoms with van der Waals surface area (Å²) in [4.78, 5) is 44.6. The molecule has 5 nitrogen and oxygen atoms in total. The van der Waals surface area contributed by atoms with Crippen LogP contribution in [0.25, 0.3) is 4.85 Å². The Morgan fingerprint density at radius 2 is 1.68 bits per heavy atom. The molecule has 0 aromatic carbocycles. The number of hydrogen-bond acceptors (Lipinski definition) is 4. The van der Waals surface area contributed by atoms with E-state index < -0.39 is 16.2 Å². The van der Waals surface area contributed by atoms with Crippen molar-refractivity contribution in [2.45, 2.75) is 93.4 Å². The van der Waals surface area contributed by atoms with E-state index in [-0.39, 0.29) is 58.7 Å². The molecule has 0 N–H and O–H groups in total. The monoisotopic (exact) mass is 507 g/mol. The smallest absolute Gasteiger partial charge is 0.312 e. The summed E-state index contributed by atoms with van der Waals surface area (Å²) in [6, 6.07) is 0. The number of carbonyl (C=O) groups is 3. The lowest BCUT2D eigenvalue weighted by atomic mass is 9.34. The molecule has 3 fully saturated rings. The van der Waals surface area contributed by atoms with Crippen LogP contribution in [0.3, 0.4) is 0 Å². The van der Waals surface area contributed by atoms with Crippen LogP contribution in [-0.4, -0.2) is 24.6 Å². The van der Waals surface area contributed by atoms with Crippen molar-refractivity contribution in [1.82, 2.24) is 0 Å². The van der Waals surface area contributed by atoms with Crippen molar-refractivity contribution in [2.24, 2.45) is 50.2 Å². The van der Waals surface area contributed by atoms with Gasteiger partial charge in [0.05, 0.1) is 19.1 Å².